The molecule has 0 unspecified atom stereocenters. The van der Waals surface area contributed by atoms with Gasteiger partial charge in [-0.25, -0.2) is 9.59 Å². The van der Waals surface area contributed by atoms with Crippen LogP contribution in [0.25, 0.3) is 5.69 Å². The Morgan fingerprint density at radius 2 is 1.71 bits per heavy atom. The number of esters is 2. The van der Waals surface area contributed by atoms with E-state index in [1.807, 2.05) is 41.2 Å². The maximum absolute atomic E-state index is 12.8. The number of thiophene rings is 1. The molecule has 8 heteroatoms. The van der Waals surface area contributed by atoms with E-state index in [0.717, 1.165) is 17.0 Å². The van der Waals surface area contributed by atoms with Gasteiger partial charge in [-0.15, -0.1) is 11.3 Å². The average Bonchev–Trinajstić information content (AvgIpc) is 3.36. The van der Waals surface area contributed by atoms with E-state index in [9.17, 15) is 14.4 Å². The van der Waals surface area contributed by atoms with Gasteiger partial charge in [-0.3, -0.25) is 4.79 Å². The Labute approximate surface area is 184 Å². The van der Waals surface area contributed by atoms with E-state index in [-0.39, 0.29) is 28.2 Å². The molecule has 1 amide bonds. The highest BCUT2D eigenvalue weighted by atomic mass is 32.1. The molecule has 1 N–H and O–H groups in total. The zero-order valence-electron chi connectivity index (χ0n) is 17.8. The first kappa shape index (κ1) is 22.3. The minimum absolute atomic E-state index is 0.167. The average molecular weight is 441 g/mol. The SMILES string of the molecule is CCOC(=O)c1c(NC(=O)c2ccc(-n3cccc3)cc2)sc(C(=O)OC(C)C)c1C. The van der Waals surface area contributed by atoms with Crippen molar-refractivity contribution in [3.8, 4) is 5.69 Å². The highest BCUT2D eigenvalue weighted by Crippen LogP contribution is 2.35. The largest absolute Gasteiger partial charge is 0.462 e. The number of aromatic nitrogens is 1. The lowest BCUT2D eigenvalue weighted by Gasteiger charge is -2.08. The van der Waals surface area contributed by atoms with Gasteiger partial charge < -0.3 is 19.4 Å². The highest BCUT2D eigenvalue weighted by Gasteiger charge is 2.28. The third-order valence-corrected chi connectivity index (χ3v) is 5.60. The molecule has 3 aromatic rings. The Hall–Kier alpha value is -3.39. The van der Waals surface area contributed by atoms with Gasteiger partial charge in [0.1, 0.15) is 9.88 Å². The van der Waals surface area contributed by atoms with E-state index in [4.69, 9.17) is 9.47 Å². The molecule has 0 aliphatic rings. The minimum atomic E-state index is -0.599. The molecule has 2 aromatic heterocycles. The quantitative estimate of drug-likeness (QED) is 0.531. The van der Waals surface area contributed by atoms with Crippen LogP contribution in [0.2, 0.25) is 0 Å². The van der Waals surface area contributed by atoms with Gasteiger partial charge in [0.2, 0.25) is 0 Å². The highest BCUT2D eigenvalue weighted by molar-refractivity contribution is 7.18. The molecule has 7 nitrogen and oxygen atoms in total. The standard InChI is InChI=1S/C23H24N2O5S/c1-5-29-22(27)18-15(4)19(23(28)30-14(2)3)31-21(18)24-20(26)16-8-10-17(11-9-16)25-12-6-7-13-25/h6-14H,5H2,1-4H3,(H,24,26). The number of rotatable bonds is 7. The number of hydrogen-bond acceptors (Lipinski definition) is 6. The Morgan fingerprint density at radius 3 is 2.29 bits per heavy atom. The third-order valence-electron chi connectivity index (χ3n) is 4.41. The van der Waals surface area contributed by atoms with Crippen molar-refractivity contribution < 1.29 is 23.9 Å². The minimum Gasteiger partial charge on any atom is -0.462 e. The first-order valence-electron chi connectivity index (χ1n) is 9.88. The second-order valence-corrected chi connectivity index (χ2v) is 8.05. The van der Waals surface area contributed by atoms with Crippen molar-refractivity contribution in [2.45, 2.75) is 33.8 Å². The molecule has 162 valence electrons. The summed E-state index contributed by atoms with van der Waals surface area (Å²) >= 11 is 1.00. The molecule has 1 aromatic carbocycles. The number of nitrogens with one attached hydrogen (secondary N) is 1. The second-order valence-electron chi connectivity index (χ2n) is 7.03. The molecule has 0 spiro atoms. The van der Waals surface area contributed by atoms with Crippen LogP contribution in [0.15, 0.2) is 48.8 Å². The number of amides is 1. The summed E-state index contributed by atoms with van der Waals surface area (Å²) in [6.45, 7) is 6.99. The van der Waals surface area contributed by atoms with Gasteiger partial charge in [-0.1, -0.05) is 0 Å². The van der Waals surface area contributed by atoms with Gasteiger partial charge in [0.05, 0.1) is 18.3 Å². The summed E-state index contributed by atoms with van der Waals surface area (Å²) in [5.74, 6) is -1.53. The van der Waals surface area contributed by atoms with Crippen molar-refractivity contribution in [3.63, 3.8) is 0 Å². The molecule has 0 atom stereocenters. The molecule has 0 saturated heterocycles. The van der Waals surface area contributed by atoms with Crippen LogP contribution in [0.4, 0.5) is 5.00 Å². The van der Waals surface area contributed by atoms with E-state index >= 15 is 0 Å². The number of benzene rings is 1. The summed E-state index contributed by atoms with van der Waals surface area (Å²) in [5.41, 5.74) is 1.93. The molecular formula is C23H24N2O5S. The fourth-order valence-corrected chi connectivity index (χ4v) is 4.05. The Morgan fingerprint density at radius 1 is 1.06 bits per heavy atom. The van der Waals surface area contributed by atoms with Crippen LogP contribution in [-0.4, -0.2) is 35.1 Å². The summed E-state index contributed by atoms with van der Waals surface area (Å²) in [7, 11) is 0. The maximum Gasteiger partial charge on any atom is 0.348 e. The van der Waals surface area contributed by atoms with Crippen LogP contribution in [-0.2, 0) is 9.47 Å². The number of hydrogen-bond donors (Lipinski definition) is 1. The molecule has 0 fully saturated rings. The zero-order valence-corrected chi connectivity index (χ0v) is 18.6. The van der Waals surface area contributed by atoms with Gasteiger partial charge >= 0.3 is 11.9 Å². The van der Waals surface area contributed by atoms with Gasteiger partial charge in [0, 0.05) is 23.6 Å². The number of carbonyl (C=O) groups excluding carboxylic acids is 3. The van der Waals surface area contributed by atoms with Crippen molar-refractivity contribution in [3.05, 3.63) is 70.4 Å². The maximum atomic E-state index is 12.8. The van der Waals surface area contributed by atoms with E-state index in [1.54, 1.807) is 39.8 Å². The number of anilines is 1. The molecule has 2 heterocycles. The summed E-state index contributed by atoms with van der Waals surface area (Å²) < 4.78 is 12.3. The van der Waals surface area contributed by atoms with Crippen LogP contribution in [0.1, 0.15) is 56.7 Å². The van der Waals surface area contributed by atoms with Gasteiger partial charge in [-0.05, 0) is 69.7 Å². The molecule has 0 aliphatic carbocycles. The number of ether oxygens (including phenoxy) is 2. The van der Waals surface area contributed by atoms with Crippen molar-refractivity contribution in [1.29, 1.82) is 0 Å². The summed E-state index contributed by atoms with van der Waals surface area (Å²) in [5, 5.41) is 3.01. The van der Waals surface area contributed by atoms with Gasteiger partial charge in [0.25, 0.3) is 5.91 Å². The summed E-state index contributed by atoms with van der Waals surface area (Å²) in [4.78, 5) is 38.1. The predicted molar refractivity (Wildman–Crippen MR) is 119 cm³/mol. The van der Waals surface area contributed by atoms with Crippen LogP contribution in [0.3, 0.4) is 0 Å². The van der Waals surface area contributed by atoms with E-state index in [1.165, 1.54) is 0 Å². The van der Waals surface area contributed by atoms with Gasteiger partial charge in [-0.2, -0.15) is 0 Å². The Bertz CT molecular complexity index is 1080. The fraction of sp³-hybridized carbons (Fsp3) is 0.261. The van der Waals surface area contributed by atoms with Crippen LogP contribution >= 0.6 is 11.3 Å². The first-order chi connectivity index (χ1) is 14.8. The molecule has 0 aliphatic heterocycles. The summed E-state index contributed by atoms with van der Waals surface area (Å²) in [6.07, 6.45) is 3.51. The molecular weight excluding hydrogens is 416 g/mol. The Balaban J connectivity index is 1.89. The normalized spacial score (nSPS) is 10.7. The predicted octanol–water partition coefficient (Wildman–Crippen LogP) is 4.84. The molecule has 0 saturated carbocycles. The van der Waals surface area contributed by atoms with Crippen molar-refractivity contribution in [1.82, 2.24) is 4.57 Å². The first-order valence-corrected chi connectivity index (χ1v) is 10.7. The third kappa shape index (κ3) is 5.03. The molecule has 0 radical (unpaired) electrons. The number of nitrogens with zero attached hydrogens (tertiary/aromatic N) is 1. The fourth-order valence-electron chi connectivity index (χ4n) is 2.98. The lowest BCUT2D eigenvalue weighted by atomic mass is 10.1. The van der Waals surface area contributed by atoms with E-state index < -0.39 is 17.8 Å². The molecule has 3 rings (SSSR count). The zero-order chi connectivity index (χ0) is 22.5. The Kier molecular flexibility index (Phi) is 6.91. The van der Waals surface area contributed by atoms with E-state index in [2.05, 4.69) is 5.32 Å². The van der Waals surface area contributed by atoms with Gasteiger partial charge in [0.15, 0.2) is 0 Å². The lowest BCUT2D eigenvalue weighted by Crippen LogP contribution is -2.15. The van der Waals surface area contributed by atoms with Crippen LogP contribution < -0.4 is 5.32 Å². The topological polar surface area (TPSA) is 86.6 Å². The smallest absolute Gasteiger partial charge is 0.348 e. The van der Waals surface area contributed by atoms with Crippen molar-refractivity contribution in [2.24, 2.45) is 0 Å². The van der Waals surface area contributed by atoms with E-state index in [0.29, 0.717) is 11.1 Å². The van der Waals surface area contributed by atoms with Crippen molar-refractivity contribution >= 4 is 34.2 Å². The monoisotopic (exact) mass is 440 g/mol. The van der Waals surface area contributed by atoms with Crippen LogP contribution in [0.5, 0.6) is 0 Å². The number of carbonyl (C=O) groups is 3. The lowest BCUT2D eigenvalue weighted by molar-refractivity contribution is 0.0383. The van der Waals surface area contributed by atoms with Crippen LogP contribution in [0, 0.1) is 6.92 Å². The summed E-state index contributed by atoms with van der Waals surface area (Å²) in [6, 6.07) is 10.9. The molecule has 31 heavy (non-hydrogen) atoms. The van der Waals surface area contributed by atoms with Crippen molar-refractivity contribution in [2.75, 3.05) is 11.9 Å². The molecule has 0 bridgehead atoms. The second kappa shape index (κ2) is 9.61.